The van der Waals surface area contributed by atoms with Crippen LogP contribution in [0.4, 0.5) is 0 Å². The largest absolute Gasteiger partial charge is 0.361 e. The van der Waals surface area contributed by atoms with E-state index in [-0.39, 0.29) is 11.8 Å². The van der Waals surface area contributed by atoms with Crippen molar-refractivity contribution in [3.05, 3.63) is 42.2 Å². The molecule has 1 N–H and O–H groups in total. The number of rotatable bonds is 8. The molecule has 0 unspecified atom stereocenters. The minimum Gasteiger partial charge on any atom is -0.361 e. The van der Waals surface area contributed by atoms with Crippen LogP contribution in [0.25, 0.3) is 11.3 Å². The van der Waals surface area contributed by atoms with Gasteiger partial charge in [-0.05, 0) is 32.1 Å². The number of amides is 2. The van der Waals surface area contributed by atoms with Crippen LogP contribution in [0.3, 0.4) is 0 Å². The van der Waals surface area contributed by atoms with Gasteiger partial charge in [-0.2, -0.15) is 0 Å². The van der Waals surface area contributed by atoms with Crippen LogP contribution in [-0.2, 0) is 16.0 Å². The lowest BCUT2D eigenvalue weighted by atomic mass is 9.75. The third kappa shape index (κ3) is 5.22. The van der Waals surface area contributed by atoms with E-state index in [9.17, 15) is 9.59 Å². The molecule has 1 aromatic heterocycles. The van der Waals surface area contributed by atoms with Gasteiger partial charge in [0.2, 0.25) is 11.8 Å². The van der Waals surface area contributed by atoms with Crippen LogP contribution in [0.2, 0.25) is 0 Å². The first-order chi connectivity index (χ1) is 15.6. The van der Waals surface area contributed by atoms with E-state index in [0.717, 1.165) is 37.1 Å². The highest BCUT2D eigenvalue weighted by atomic mass is 16.5. The van der Waals surface area contributed by atoms with Crippen LogP contribution < -0.4 is 5.32 Å². The van der Waals surface area contributed by atoms with Crippen molar-refractivity contribution in [2.75, 3.05) is 19.6 Å². The maximum atomic E-state index is 13.2. The summed E-state index contributed by atoms with van der Waals surface area (Å²) in [5.41, 5.74) is 1.08. The molecule has 1 atom stereocenters. The number of aromatic nitrogens is 1. The lowest BCUT2D eigenvalue weighted by Gasteiger charge is -2.41. The van der Waals surface area contributed by atoms with Crippen LogP contribution in [0.5, 0.6) is 0 Å². The fourth-order valence-corrected chi connectivity index (χ4v) is 5.36. The van der Waals surface area contributed by atoms with Gasteiger partial charge in [0.15, 0.2) is 0 Å². The van der Waals surface area contributed by atoms with Gasteiger partial charge in [0.1, 0.15) is 11.5 Å². The van der Waals surface area contributed by atoms with Gasteiger partial charge in [0.05, 0.1) is 5.41 Å². The first-order valence-corrected chi connectivity index (χ1v) is 12.2. The Morgan fingerprint density at radius 3 is 2.72 bits per heavy atom. The van der Waals surface area contributed by atoms with Gasteiger partial charge in [-0.15, -0.1) is 0 Å². The molecular formula is C26H35N3O3. The van der Waals surface area contributed by atoms with Crippen molar-refractivity contribution < 1.29 is 14.1 Å². The highest BCUT2D eigenvalue weighted by molar-refractivity contribution is 5.85. The van der Waals surface area contributed by atoms with Crippen LogP contribution in [-0.4, -0.2) is 41.5 Å². The summed E-state index contributed by atoms with van der Waals surface area (Å²) >= 11 is 0. The average molecular weight is 438 g/mol. The molecule has 1 aromatic carbocycles. The molecule has 1 saturated carbocycles. The molecule has 32 heavy (non-hydrogen) atoms. The second-order valence-electron chi connectivity index (χ2n) is 9.47. The minimum absolute atomic E-state index is 0.00551. The summed E-state index contributed by atoms with van der Waals surface area (Å²) in [4.78, 5) is 28.2. The topological polar surface area (TPSA) is 75.4 Å². The number of nitrogens with zero attached hydrogens (tertiary/aromatic N) is 2. The van der Waals surface area contributed by atoms with Crippen molar-refractivity contribution in [3.8, 4) is 11.3 Å². The summed E-state index contributed by atoms with van der Waals surface area (Å²) < 4.78 is 5.65. The van der Waals surface area contributed by atoms with Crippen LogP contribution in [0.1, 0.15) is 64.1 Å². The molecule has 2 heterocycles. The number of likely N-dealkylation sites (tertiary alicyclic amines) is 1. The molecule has 0 radical (unpaired) electrons. The number of carbonyl (C=O) groups is 2. The van der Waals surface area contributed by atoms with E-state index in [1.54, 1.807) is 0 Å². The fraction of sp³-hybridized carbons (Fsp3) is 0.577. The maximum Gasteiger partial charge on any atom is 0.228 e. The number of nitrogens with one attached hydrogen (secondary N) is 1. The second kappa shape index (κ2) is 10.3. The second-order valence-corrected chi connectivity index (χ2v) is 9.47. The Labute approximate surface area is 190 Å². The fourth-order valence-electron chi connectivity index (χ4n) is 5.36. The van der Waals surface area contributed by atoms with E-state index in [2.05, 4.69) is 10.5 Å². The number of piperidine rings is 1. The summed E-state index contributed by atoms with van der Waals surface area (Å²) in [5, 5.41) is 7.24. The molecule has 1 aliphatic heterocycles. The Morgan fingerprint density at radius 1 is 1.19 bits per heavy atom. The summed E-state index contributed by atoms with van der Waals surface area (Å²) in [6, 6.07) is 11.8. The van der Waals surface area contributed by atoms with Crippen LogP contribution in [0, 0.1) is 11.3 Å². The van der Waals surface area contributed by atoms with E-state index in [1.165, 1.54) is 25.7 Å². The Morgan fingerprint density at radius 2 is 1.97 bits per heavy atom. The van der Waals surface area contributed by atoms with Gasteiger partial charge in [-0.25, -0.2) is 0 Å². The van der Waals surface area contributed by atoms with Gasteiger partial charge in [-0.3, -0.25) is 9.59 Å². The van der Waals surface area contributed by atoms with E-state index in [1.807, 2.05) is 48.2 Å². The molecule has 0 bridgehead atoms. The SMILES string of the molecule is CCNC(=O)[C@]1(Cc2cc(-c3ccccc3)no2)CCCN(C(=O)CCC2CCCC2)C1. The van der Waals surface area contributed by atoms with E-state index in [4.69, 9.17) is 4.52 Å². The first-order valence-electron chi connectivity index (χ1n) is 12.2. The quantitative estimate of drug-likeness (QED) is 0.655. The lowest BCUT2D eigenvalue weighted by molar-refractivity contribution is -0.142. The van der Waals surface area contributed by atoms with Crippen molar-refractivity contribution in [3.63, 3.8) is 0 Å². The summed E-state index contributed by atoms with van der Waals surface area (Å²) in [6.45, 7) is 3.68. The molecule has 6 nitrogen and oxygen atoms in total. The predicted octanol–water partition coefficient (Wildman–Crippen LogP) is 4.60. The number of benzene rings is 1. The number of hydrogen-bond acceptors (Lipinski definition) is 4. The summed E-state index contributed by atoms with van der Waals surface area (Å²) in [6.07, 6.45) is 8.69. The molecule has 1 saturated heterocycles. The molecule has 2 aromatic rings. The molecule has 2 aliphatic rings. The zero-order valence-electron chi connectivity index (χ0n) is 19.1. The van der Waals surface area contributed by atoms with Gasteiger partial charge in [0, 0.05) is 44.1 Å². The summed E-state index contributed by atoms with van der Waals surface area (Å²) in [5.74, 6) is 1.58. The molecular weight excluding hydrogens is 402 g/mol. The molecule has 0 spiro atoms. The van der Waals surface area contributed by atoms with E-state index < -0.39 is 5.41 Å². The third-order valence-corrected chi connectivity index (χ3v) is 7.13. The van der Waals surface area contributed by atoms with Crippen LogP contribution in [0.15, 0.2) is 40.9 Å². The van der Waals surface area contributed by atoms with E-state index >= 15 is 0 Å². The van der Waals surface area contributed by atoms with Crippen molar-refractivity contribution in [2.45, 2.75) is 64.7 Å². The van der Waals surface area contributed by atoms with Gasteiger partial charge in [0.25, 0.3) is 0 Å². The Balaban J connectivity index is 1.47. The standard InChI is InChI=1S/C26H35N3O3/c1-2-27-25(31)26(18-22-17-23(28-32-22)21-11-4-3-5-12-21)15-8-16-29(19-26)24(30)14-13-20-9-6-7-10-20/h3-5,11-12,17,20H,2,6-10,13-16,18-19H2,1H3,(H,27,31)/t26-/m0/s1. The predicted molar refractivity (Wildman–Crippen MR) is 124 cm³/mol. The first kappa shape index (κ1) is 22.6. The molecule has 1 aliphatic carbocycles. The molecule has 2 amide bonds. The normalized spacial score (nSPS) is 21.6. The van der Waals surface area contributed by atoms with E-state index in [0.29, 0.717) is 37.6 Å². The third-order valence-electron chi connectivity index (χ3n) is 7.13. The van der Waals surface area contributed by atoms with Crippen molar-refractivity contribution in [1.29, 1.82) is 0 Å². The van der Waals surface area contributed by atoms with Crippen LogP contribution >= 0.6 is 0 Å². The van der Waals surface area contributed by atoms with Gasteiger partial charge < -0.3 is 14.7 Å². The van der Waals surface area contributed by atoms with Gasteiger partial charge >= 0.3 is 0 Å². The number of hydrogen-bond donors (Lipinski definition) is 1. The Hall–Kier alpha value is -2.63. The monoisotopic (exact) mass is 437 g/mol. The van der Waals surface area contributed by atoms with Crippen molar-refractivity contribution in [1.82, 2.24) is 15.4 Å². The highest BCUT2D eigenvalue weighted by Gasteiger charge is 2.44. The average Bonchev–Trinajstić information content (AvgIpc) is 3.51. The maximum absolute atomic E-state index is 13.2. The zero-order chi connectivity index (χ0) is 22.4. The lowest BCUT2D eigenvalue weighted by Crippen LogP contribution is -2.54. The minimum atomic E-state index is -0.676. The summed E-state index contributed by atoms with van der Waals surface area (Å²) in [7, 11) is 0. The van der Waals surface area contributed by atoms with Crippen molar-refractivity contribution in [2.24, 2.45) is 11.3 Å². The highest BCUT2D eigenvalue weighted by Crippen LogP contribution is 2.36. The molecule has 2 fully saturated rings. The smallest absolute Gasteiger partial charge is 0.228 e. The molecule has 172 valence electrons. The zero-order valence-corrected chi connectivity index (χ0v) is 19.1. The molecule has 4 rings (SSSR count). The van der Waals surface area contributed by atoms with Crippen molar-refractivity contribution >= 4 is 11.8 Å². The Kier molecular flexibility index (Phi) is 7.28. The van der Waals surface area contributed by atoms with Gasteiger partial charge in [-0.1, -0.05) is 61.2 Å². The molecule has 6 heteroatoms. The Bertz CT molecular complexity index is 904. The number of carbonyl (C=O) groups excluding carboxylic acids is 2.